The molecule has 1 saturated heterocycles. The molecule has 0 spiro atoms. The number of carbonyl (C=O) groups is 2. The van der Waals surface area contributed by atoms with Gasteiger partial charge in [0.15, 0.2) is 14.6 Å². The van der Waals surface area contributed by atoms with Gasteiger partial charge < -0.3 is 16.0 Å². The molecule has 3 N–H and O–H groups in total. The molecule has 2 amide bonds. The third-order valence-electron chi connectivity index (χ3n) is 4.48. The number of sulfone groups is 1. The van der Waals surface area contributed by atoms with E-state index in [1.807, 2.05) is 6.92 Å². The summed E-state index contributed by atoms with van der Waals surface area (Å²) >= 11 is 0. The Labute approximate surface area is 148 Å². The Morgan fingerprint density at radius 2 is 1.76 bits per heavy atom. The van der Waals surface area contributed by atoms with Gasteiger partial charge in [-0.25, -0.2) is 8.42 Å². The van der Waals surface area contributed by atoms with Gasteiger partial charge in [0.25, 0.3) is 5.91 Å². The number of amides is 2. The zero-order valence-corrected chi connectivity index (χ0v) is 15.4. The maximum absolute atomic E-state index is 12.7. The average Bonchev–Trinajstić information content (AvgIpc) is 2.60. The molecule has 8 heteroatoms. The van der Waals surface area contributed by atoms with Gasteiger partial charge in [-0.15, -0.1) is 0 Å². The zero-order valence-electron chi connectivity index (χ0n) is 14.6. The first-order chi connectivity index (χ1) is 11.8. The molecule has 1 aromatic carbocycles. The highest BCUT2D eigenvalue weighted by Crippen LogP contribution is 2.29. The number of rotatable bonds is 6. The predicted molar refractivity (Wildman–Crippen MR) is 97.4 cm³/mol. The number of nitrogens with one attached hydrogen (secondary N) is 3. The smallest absolute Gasteiger partial charge is 0.251 e. The van der Waals surface area contributed by atoms with Crippen LogP contribution in [0.25, 0.3) is 0 Å². The van der Waals surface area contributed by atoms with E-state index in [1.165, 1.54) is 0 Å². The number of hydrogen-bond donors (Lipinski definition) is 3. The van der Waals surface area contributed by atoms with Gasteiger partial charge in [-0.3, -0.25) is 9.59 Å². The Balaban J connectivity index is 2.12. The topological polar surface area (TPSA) is 104 Å². The lowest BCUT2D eigenvalue weighted by molar-refractivity contribution is -0.119. The number of benzene rings is 1. The van der Waals surface area contributed by atoms with Crippen molar-refractivity contribution >= 4 is 27.3 Å². The Hall–Kier alpha value is -1.93. The van der Waals surface area contributed by atoms with Gasteiger partial charge in [0.1, 0.15) is 0 Å². The van der Waals surface area contributed by atoms with Gasteiger partial charge in [-0.1, -0.05) is 6.92 Å². The van der Waals surface area contributed by atoms with Gasteiger partial charge in [-0.05, 0) is 56.6 Å². The number of piperidine rings is 1. The van der Waals surface area contributed by atoms with Crippen molar-refractivity contribution in [1.29, 1.82) is 0 Å². The summed E-state index contributed by atoms with van der Waals surface area (Å²) < 4.78 is 23.1. The molecule has 0 aliphatic carbocycles. The first-order valence-electron chi connectivity index (χ1n) is 8.40. The molecule has 0 unspecified atom stereocenters. The largest absolute Gasteiger partial charge is 0.352 e. The lowest BCUT2D eigenvalue weighted by atomic mass is 9.95. The second-order valence-electron chi connectivity index (χ2n) is 6.30. The molecule has 1 aromatic rings. The van der Waals surface area contributed by atoms with Crippen molar-refractivity contribution in [2.75, 3.05) is 31.2 Å². The zero-order chi connectivity index (χ0) is 18.5. The van der Waals surface area contributed by atoms with Crippen LogP contribution in [0.5, 0.6) is 0 Å². The van der Waals surface area contributed by atoms with E-state index in [-0.39, 0.29) is 18.7 Å². The summed E-state index contributed by atoms with van der Waals surface area (Å²) in [5.74, 6) is -0.689. The van der Waals surface area contributed by atoms with Gasteiger partial charge >= 0.3 is 0 Å². The van der Waals surface area contributed by atoms with E-state index in [4.69, 9.17) is 0 Å². The molecule has 138 valence electrons. The Bertz CT molecular complexity index is 723. The summed E-state index contributed by atoms with van der Waals surface area (Å²) in [6.07, 6.45) is 2.45. The van der Waals surface area contributed by atoms with Crippen LogP contribution < -0.4 is 16.0 Å². The molecular weight excluding hydrogens is 342 g/mol. The van der Waals surface area contributed by atoms with Crippen LogP contribution in [0.4, 0.5) is 5.69 Å². The summed E-state index contributed by atoms with van der Waals surface area (Å²) in [5.41, 5.74) is 0.963. The molecule has 0 atom stereocenters. The maximum atomic E-state index is 12.7. The van der Waals surface area contributed by atoms with Crippen LogP contribution in [0.2, 0.25) is 0 Å². The minimum Gasteiger partial charge on any atom is -0.352 e. The monoisotopic (exact) mass is 367 g/mol. The third-order valence-corrected chi connectivity index (χ3v) is 6.49. The van der Waals surface area contributed by atoms with E-state index in [1.54, 1.807) is 24.3 Å². The second-order valence-corrected chi connectivity index (χ2v) is 8.63. The van der Waals surface area contributed by atoms with Gasteiger partial charge in [0.2, 0.25) is 5.91 Å². The van der Waals surface area contributed by atoms with Crippen LogP contribution in [0, 0.1) is 0 Å². The highest BCUT2D eigenvalue weighted by molar-refractivity contribution is 7.92. The van der Waals surface area contributed by atoms with Crippen LogP contribution in [-0.2, 0) is 14.6 Å². The Kier molecular flexibility index (Phi) is 6.18. The lowest BCUT2D eigenvalue weighted by Gasteiger charge is -2.34. The van der Waals surface area contributed by atoms with E-state index in [2.05, 4.69) is 16.0 Å². The third kappa shape index (κ3) is 4.38. The van der Waals surface area contributed by atoms with Crippen LogP contribution in [-0.4, -0.2) is 50.9 Å². The number of carbonyl (C=O) groups excluding carboxylic acids is 2. The number of hydrogen-bond acceptors (Lipinski definition) is 5. The van der Waals surface area contributed by atoms with Gasteiger partial charge in [0.05, 0.1) is 0 Å². The normalized spacial score (nSPS) is 16.9. The molecule has 0 aromatic heterocycles. The Morgan fingerprint density at radius 1 is 1.16 bits per heavy atom. The van der Waals surface area contributed by atoms with E-state index in [0.29, 0.717) is 30.9 Å². The SMILES string of the molecule is CCCNC(=O)c1ccc(NC(=O)C2(S(C)(=O)=O)CCNCC2)cc1. The minimum atomic E-state index is -3.55. The molecule has 1 fully saturated rings. The molecule has 25 heavy (non-hydrogen) atoms. The predicted octanol–water partition coefficient (Wildman–Crippen LogP) is 0.932. The second kappa shape index (κ2) is 7.97. The standard InChI is InChI=1S/C17H25N3O4S/c1-3-10-19-15(21)13-4-6-14(7-5-13)20-16(22)17(25(2,23)24)8-11-18-12-9-17/h4-7,18H,3,8-12H2,1-2H3,(H,19,21)(H,20,22). The Morgan fingerprint density at radius 3 is 2.28 bits per heavy atom. The minimum absolute atomic E-state index is 0.175. The van der Waals surface area contributed by atoms with Crippen molar-refractivity contribution in [2.45, 2.75) is 30.9 Å². The van der Waals surface area contributed by atoms with E-state index in [9.17, 15) is 18.0 Å². The van der Waals surface area contributed by atoms with Gasteiger partial charge in [-0.2, -0.15) is 0 Å². The molecular formula is C17H25N3O4S. The quantitative estimate of drug-likeness (QED) is 0.694. The molecule has 0 bridgehead atoms. The lowest BCUT2D eigenvalue weighted by Crippen LogP contribution is -2.55. The molecule has 2 rings (SSSR count). The van der Waals surface area contributed by atoms with Crippen LogP contribution in [0.15, 0.2) is 24.3 Å². The highest BCUT2D eigenvalue weighted by atomic mass is 32.2. The van der Waals surface area contributed by atoms with E-state index < -0.39 is 20.5 Å². The maximum Gasteiger partial charge on any atom is 0.251 e. The van der Waals surface area contributed by atoms with Crippen molar-refractivity contribution in [1.82, 2.24) is 10.6 Å². The molecule has 7 nitrogen and oxygen atoms in total. The van der Waals surface area contributed by atoms with Crippen molar-refractivity contribution in [3.05, 3.63) is 29.8 Å². The van der Waals surface area contributed by atoms with Crippen LogP contribution in [0.3, 0.4) is 0 Å². The van der Waals surface area contributed by atoms with E-state index >= 15 is 0 Å². The van der Waals surface area contributed by atoms with Crippen molar-refractivity contribution in [2.24, 2.45) is 0 Å². The first kappa shape index (κ1) is 19.4. The van der Waals surface area contributed by atoms with Crippen molar-refractivity contribution in [3.8, 4) is 0 Å². The van der Waals surface area contributed by atoms with Crippen LogP contribution in [0.1, 0.15) is 36.5 Å². The molecule has 1 heterocycles. The van der Waals surface area contributed by atoms with Gasteiger partial charge in [0, 0.05) is 24.1 Å². The van der Waals surface area contributed by atoms with Crippen LogP contribution >= 0.6 is 0 Å². The van der Waals surface area contributed by atoms with E-state index in [0.717, 1.165) is 12.7 Å². The fourth-order valence-corrected chi connectivity index (χ4v) is 4.22. The van der Waals surface area contributed by atoms with Crippen molar-refractivity contribution < 1.29 is 18.0 Å². The highest BCUT2D eigenvalue weighted by Gasteiger charge is 2.48. The summed E-state index contributed by atoms with van der Waals surface area (Å²) in [4.78, 5) is 24.6. The summed E-state index contributed by atoms with van der Waals surface area (Å²) in [6, 6.07) is 6.43. The molecule has 0 saturated carbocycles. The summed E-state index contributed by atoms with van der Waals surface area (Å²) in [6.45, 7) is 3.54. The summed E-state index contributed by atoms with van der Waals surface area (Å²) in [5, 5.41) is 8.54. The average molecular weight is 367 g/mol. The molecule has 1 aliphatic rings. The van der Waals surface area contributed by atoms with Crippen molar-refractivity contribution in [3.63, 3.8) is 0 Å². The molecule has 0 radical (unpaired) electrons. The molecule has 1 aliphatic heterocycles. The fraction of sp³-hybridized carbons (Fsp3) is 0.529. The summed E-state index contributed by atoms with van der Waals surface area (Å²) in [7, 11) is -3.55. The number of anilines is 1. The first-order valence-corrected chi connectivity index (χ1v) is 10.3. The fourth-order valence-electron chi connectivity index (χ4n) is 2.89.